The first-order chi connectivity index (χ1) is 10.5. The zero-order valence-corrected chi connectivity index (χ0v) is 14.3. The van der Waals surface area contributed by atoms with E-state index in [9.17, 15) is 0 Å². The first-order valence-electron chi connectivity index (χ1n) is 7.83. The maximum Gasteiger partial charge on any atom is 0.156 e. The molecule has 22 heavy (non-hydrogen) atoms. The highest BCUT2D eigenvalue weighted by Gasteiger charge is 2.34. The van der Waals surface area contributed by atoms with Gasteiger partial charge in [0, 0.05) is 12.2 Å². The number of anilines is 1. The van der Waals surface area contributed by atoms with Gasteiger partial charge in [0.1, 0.15) is 17.0 Å². The molecule has 1 aliphatic carbocycles. The van der Waals surface area contributed by atoms with Crippen LogP contribution in [0.25, 0.3) is 0 Å². The van der Waals surface area contributed by atoms with E-state index in [1.165, 1.54) is 0 Å². The van der Waals surface area contributed by atoms with Crippen molar-refractivity contribution in [3.8, 4) is 0 Å². The molecule has 2 heterocycles. The Balaban J connectivity index is 1.97. The van der Waals surface area contributed by atoms with Crippen molar-refractivity contribution in [3.05, 3.63) is 16.9 Å². The maximum absolute atomic E-state index is 6.28. The highest BCUT2D eigenvalue weighted by atomic mass is 32.2. The summed E-state index contributed by atoms with van der Waals surface area (Å²) in [5.41, 5.74) is 9.33. The van der Waals surface area contributed by atoms with Gasteiger partial charge in [0.15, 0.2) is 5.82 Å². The predicted molar refractivity (Wildman–Crippen MR) is 92.6 cm³/mol. The second-order valence-corrected chi connectivity index (χ2v) is 7.69. The van der Waals surface area contributed by atoms with Crippen molar-refractivity contribution >= 4 is 29.0 Å². The lowest BCUT2D eigenvalue weighted by Gasteiger charge is -2.34. The molecule has 0 radical (unpaired) electrons. The monoisotopic (exact) mass is 317 g/mol. The number of aromatic nitrogens is 2. The molecule has 2 aliphatic rings. The van der Waals surface area contributed by atoms with Crippen molar-refractivity contribution in [1.82, 2.24) is 9.97 Å². The number of rotatable bonds is 4. The fraction of sp³-hybridized carbons (Fsp3) is 0.562. The van der Waals surface area contributed by atoms with E-state index in [2.05, 4.69) is 36.1 Å². The van der Waals surface area contributed by atoms with E-state index in [-0.39, 0.29) is 5.41 Å². The number of fused-ring (bicyclic) bond motifs is 2. The van der Waals surface area contributed by atoms with Crippen LogP contribution in [0.1, 0.15) is 46.5 Å². The normalized spacial score (nSPS) is 19.3. The quantitative estimate of drug-likeness (QED) is 0.651. The van der Waals surface area contributed by atoms with Gasteiger partial charge < -0.3 is 11.1 Å². The van der Waals surface area contributed by atoms with E-state index in [0.717, 1.165) is 65.1 Å². The minimum atomic E-state index is 0.163. The summed E-state index contributed by atoms with van der Waals surface area (Å²) in [6.07, 6.45) is 5.73. The van der Waals surface area contributed by atoms with Crippen LogP contribution in [-0.2, 0) is 0 Å². The molecule has 5 nitrogen and oxygen atoms in total. The van der Waals surface area contributed by atoms with Gasteiger partial charge in [0.2, 0.25) is 0 Å². The van der Waals surface area contributed by atoms with Crippen LogP contribution in [0.5, 0.6) is 0 Å². The number of hydrogen-bond acceptors (Lipinski definition) is 6. The van der Waals surface area contributed by atoms with Crippen molar-refractivity contribution < 1.29 is 0 Å². The number of nitrogens with zero attached hydrogens (tertiary/aromatic N) is 3. The maximum atomic E-state index is 6.28. The van der Waals surface area contributed by atoms with Gasteiger partial charge in [0.05, 0.1) is 10.6 Å². The fourth-order valence-corrected chi connectivity index (χ4v) is 3.85. The van der Waals surface area contributed by atoms with E-state index in [4.69, 9.17) is 10.7 Å². The Hall–Kier alpha value is -1.56. The molecule has 0 amide bonds. The molecule has 3 rings (SSSR count). The van der Waals surface area contributed by atoms with Gasteiger partial charge in [-0.1, -0.05) is 39.0 Å². The third-order valence-electron chi connectivity index (χ3n) is 3.93. The second kappa shape index (κ2) is 5.91. The van der Waals surface area contributed by atoms with E-state index >= 15 is 0 Å². The molecule has 6 heteroatoms. The first kappa shape index (κ1) is 15.3. The lowest BCUT2D eigenvalue weighted by molar-refractivity contribution is 0.371. The lowest BCUT2D eigenvalue weighted by atomic mass is 9.78. The highest BCUT2D eigenvalue weighted by Crippen LogP contribution is 2.48. The molecule has 0 unspecified atom stereocenters. The molecule has 0 spiro atoms. The Morgan fingerprint density at radius 2 is 2.14 bits per heavy atom. The van der Waals surface area contributed by atoms with E-state index in [0.29, 0.717) is 0 Å². The summed E-state index contributed by atoms with van der Waals surface area (Å²) in [6, 6.07) is 0. The zero-order valence-electron chi connectivity index (χ0n) is 13.4. The van der Waals surface area contributed by atoms with Crippen molar-refractivity contribution in [3.63, 3.8) is 0 Å². The van der Waals surface area contributed by atoms with Crippen molar-refractivity contribution in [2.45, 2.75) is 51.5 Å². The number of nitrogens with one attached hydrogen (secondary N) is 1. The average molecular weight is 317 g/mol. The van der Waals surface area contributed by atoms with Crippen molar-refractivity contribution in [1.29, 1.82) is 0 Å². The molecule has 118 valence electrons. The molecule has 0 atom stereocenters. The molecule has 3 N–H and O–H groups in total. The summed E-state index contributed by atoms with van der Waals surface area (Å²) in [5.74, 6) is 0.833. The molecule has 0 saturated heterocycles. The Kier molecular flexibility index (Phi) is 4.12. The number of allylic oxidation sites excluding steroid dienone is 2. The summed E-state index contributed by atoms with van der Waals surface area (Å²) in [5, 5.41) is 4.28. The first-order valence-corrected chi connectivity index (χ1v) is 8.65. The summed E-state index contributed by atoms with van der Waals surface area (Å²) in [7, 11) is 0. The summed E-state index contributed by atoms with van der Waals surface area (Å²) < 4.78 is 0. The smallest absolute Gasteiger partial charge is 0.156 e. The zero-order chi connectivity index (χ0) is 15.7. The summed E-state index contributed by atoms with van der Waals surface area (Å²) in [6.45, 7) is 7.56. The molecule has 0 bridgehead atoms. The van der Waals surface area contributed by atoms with Crippen LogP contribution in [0.3, 0.4) is 0 Å². The van der Waals surface area contributed by atoms with Gasteiger partial charge in [-0.2, -0.15) is 0 Å². The highest BCUT2D eigenvalue weighted by molar-refractivity contribution is 8.04. The molecule has 0 fully saturated rings. The van der Waals surface area contributed by atoms with Crippen LogP contribution >= 0.6 is 11.8 Å². The third kappa shape index (κ3) is 2.97. The fourth-order valence-electron chi connectivity index (χ4n) is 2.87. The number of unbranched alkanes of at least 4 members (excludes halogenated alkanes) is 1. The van der Waals surface area contributed by atoms with Crippen LogP contribution in [0.15, 0.2) is 26.9 Å². The van der Waals surface area contributed by atoms with E-state index < -0.39 is 0 Å². The van der Waals surface area contributed by atoms with Gasteiger partial charge in [-0.05, 0) is 24.7 Å². The molecule has 1 aliphatic heterocycles. The summed E-state index contributed by atoms with van der Waals surface area (Å²) in [4.78, 5) is 14.7. The Labute approximate surface area is 135 Å². The predicted octanol–water partition coefficient (Wildman–Crippen LogP) is 3.86. The number of thioether (sulfide) groups is 1. The average Bonchev–Trinajstić information content (AvgIpc) is 2.45. The van der Waals surface area contributed by atoms with Crippen LogP contribution in [0.4, 0.5) is 11.5 Å². The third-order valence-corrected chi connectivity index (χ3v) is 5.12. The van der Waals surface area contributed by atoms with Crippen LogP contribution in [-0.4, -0.2) is 22.2 Å². The SMILES string of the molecule is CCCCNc1ncnc2c1N=C1CC(C)(C)CC(N)=C1S2. The molecular formula is C16H23N5S. The summed E-state index contributed by atoms with van der Waals surface area (Å²) >= 11 is 1.64. The molecule has 1 aromatic heterocycles. The van der Waals surface area contributed by atoms with E-state index in [1.807, 2.05) is 0 Å². The van der Waals surface area contributed by atoms with Crippen LogP contribution in [0.2, 0.25) is 0 Å². The Morgan fingerprint density at radius 3 is 2.91 bits per heavy atom. The van der Waals surface area contributed by atoms with Crippen molar-refractivity contribution in [2.24, 2.45) is 16.1 Å². The minimum Gasteiger partial charge on any atom is -0.401 e. The topological polar surface area (TPSA) is 76.2 Å². The molecular weight excluding hydrogens is 294 g/mol. The largest absolute Gasteiger partial charge is 0.401 e. The van der Waals surface area contributed by atoms with Crippen molar-refractivity contribution in [2.75, 3.05) is 11.9 Å². The van der Waals surface area contributed by atoms with Gasteiger partial charge >= 0.3 is 0 Å². The van der Waals surface area contributed by atoms with Crippen LogP contribution < -0.4 is 11.1 Å². The van der Waals surface area contributed by atoms with Gasteiger partial charge in [-0.3, -0.25) is 0 Å². The number of aliphatic imine (C=N–C) groups is 1. The lowest BCUT2D eigenvalue weighted by Crippen LogP contribution is -2.28. The number of nitrogens with two attached hydrogens (primary N) is 1. The molecule has 1 aromatic rings. The second-order valence-electron chi connectivity index (χ2n) is 6.69. The Bertz CT molecular complexity index is 648. The Morgan fingerprint density at radius 1 is 1.32 bits per heavy atom. The molecule has 0 aromatic carbocycles. The molecule has 0 saturated carbocycles. The van der Waals surface area contributed by atoms with Gasteiger partial charge in [-0.25, -0.2) is 15.0 Å². The standard InChI is InChI=1S/C16H23N5S/c1-4-5-6-18-14-12-15(20-9-19-14)22-13-10(17)7-16(2,3)8-11(13)21-12/h9H,4-8,17H2,1-3H3,(H,18,19,20). The van der Waals surface area contributed by atoms with Gasteiger partial charge in [0.25, 0.3) is 0 Å². The van der Waals surface area contributed by atoms with Gasteiger partial charge in [-0.15, -0.1) is 0 Å². The number of hydrogen-bond donors (Lipinski definition) is 2. The van der Waals surface area contributed by atoms with E-state index in [1.54, 1.807) is 18.1 Å². The minimum absolute atomic E-state index is 0.163. The van der Waals surface area contributed by atoms with Crippen LogP contribution in [0, 0.1) is 5.41 Å².